The van der Waals surface area contributed by atoms with E-state index in [1.807, 2.05) is 53.2 Å². The quantitative estimate of drug-likeness (QED) is 0.152. The predicted octanol–water partition coefficient (Wildman–Crippen LogP) is 6.36. The average molecular weight is 956 g/mol. The number of nitrogens with zero attached hydrogens (tertiary/aromatic N) is 7. The number of ether oxygens (including phenoxy) is 3. The summed E-state index contributed by atoms with van der Waals surface area (Å²) in [5.74, 6) is -1.15. The standard InChI is InChI=1S/C51H73N9O7S/c1-12-59-41-17-16-35-25-37(41)38(45(59)36-15-13-20-52-43(36)34(4)65-11)27-49(5,6)31-66-32-51(30-61)18-14-21-60(55-51)47(63)39(26-42-53-40(35)28-68-42)54-46(62)44(33(2)3)57(10)48(64)58-23-24-67-50(7,29-58)19-22-56(8)9/h13,15-17,20,25,28,30,33-34,39,44,55H,12,14,18-19,21-24,26-27,29,31-32H2,1-11H3,(H,54,62)/t34-,39-,44-,50-,51-/m0/s1. The second-order valence-corrected chi connectivity index (χ2v) is 21.6. The number of rotatable bonds is 12. The van der Waals surface area contributed by atoms with Gasteiger partial charge in [0, 0.05) is 80.4 Å². The lowest BCUT2D eigenvalue weighted by Gasteiger charge is -2.43. The van der Waals surface area contributed by atoms with Crippen LogP contribution in [-0.4, -0.2) is 156 Å². The van der Waals surface area contributed by atoms with E-state index >= 15 is 0 Å². The predicted molar refractivity (Wildman–Crippen MR) is 265 cm³/mol. The molecule has 2 fully saturated rings. The molecular weight excluding hydrogens is 883 g/mol. The van der Waals surface area contributed by atoms with Gasteiger partial charge in [-0.2, -0.15) is 0 Å². The highest BCUT2D eigenvalue weighted by Gasteiger charge is 2.43. The number of morpholine rings is 1. The van der Waals surface area contributed by atoms with E-state index in [9.17, 15) is 19.2 Å². The van der Waals surface area contributed by atoms with E-state index in [-0.39, 0.29) is 31.1 Å². The van der Waals surface area contributed by atoms with Gasteiger partial charge in [0.05, 0.1) is 60.2 Å². The zero-order chi connectivity index (χ0) is 49.1. The Morgan fingerprint density at radius 2 is 1.90 bits per heavy atom. The van der Waals surface area contributed by atoms with Gasteiger partial charge in [0.1, 0.15) is 23.9 Å². The number of carbonyl (C=O) groups is 4. The molecule has 6 bridgehead atoms. The zero-order valence-electron chi connectivity index (χ0n) is 42.0. The minimum absolute atomic E-state index is 0.0421. The second kappa shape index (κ2) is 21.1. The van der Waals surface area contributed by atoms with Crippen molar-refractivity contribution in [1.29, 1.82) is 0 Å². The monoisotopic (exact) mass is 956 g/mol. The fraction of sp³-hybridized carbons (Fsp3) is 0.608. The summed E-state index contributed by atoms with van der Waals surface area (Å²) in [5, 5.41) is 8.29. The van der Waals surface area contributed by atoms with Gasteiger partial charge in [-0.15, -0.1) is 11.3 Å². The van der Waals surface area contributed by atoms with Crippen molar-refractivity contribution in [3.05, 3.63) is 58.2 Å². The summed E-state index contributed by atoms with van der Waals surface area (Å²) in [6.45, 7) is 17.7. The molecule has 4 aromatic rings. The number of hydrazine groups is 1. The van der Waals surface area contributed by atoms with Gasteiger partial charge in [-0.05, 0) is 102 Å². The highest BCUT2D eigenvalue weighted by molar-refractivity contribution is 7.10. The molecule has 1 aromatic carbocycles. The number of amides is 4. The first-order valence-corrected chi connectivity index (χ1v) is 25.0. The van der Waals surface area contributed by atoms with Gasteiger partial charge in [-0.1, -0.05) is 33.8 Å². The van der Waals surface area contributed by atoms with Crippen molar-refractivity contribution in [2.75, 3.05) is 74.3 Å². The molecule has 3 aromatic heterocycles. The molecule has 370 valence electrons. The minimum Gasteiger partial charge on any atom is -0.378 e. The molecule has 0 spiro atoms. The van der Waals surface area contributed by atoms with E-state index in [0.29, 0.717) is 57.1 Å². The maximum atomic E-state index is 14.8. The lowest BCUT2D eigenvalue weighted by Crippen LogP contribution is -2.66. The first-order chi connectivity index (χ1) is 32.3. The van der Waals surface area contributed by atoms with Crippen LogP contribution >= 0.6 is 11.3 Å². The van der Waals surface area contributed by atoms with Crippen LogP contribution in [0.15, 0.2) is 41.9 Å². The fourth-order valence-corrected chi connectivity index (χ4v) is 11.0. The van der Waals surface area contributed by atoms with Gasteiger partial charge in [-0.25, -0.2) is 15.2 Å². The molecule has 16 nitrogen and oxygen atoms in total. The third-order valence-electron chi connectivity index (χ3n) is 13.8. The number of carbonyl (C=O) groups excluding carboxylic acids is 4. The molecule has 0 radical (unpaired) electrons. The molecule has 0 unspecified atom stereocenters. The summed E-state index contributed by atoms with van der Waals surface area (Å²) in [7, 11) is 7.37. The van der Waals surface area contributed by atoms with Crippen molar-refractivity contribution in [1.82, 2.24) is 45.0 Å². The van der Waals surface area contributed by atoms with Crippen molar-refractivity contribution < 1.29 is 33.4 Å². The van der Waals surface area contributed by atoms with Crippen molar-refractivity contribution >= 4 is 46.4 Å². The first-order valence-electron chi connectivity index (χ1n) is 24.1. The van der Waals surface area contributed by atoms with Gasteiger partial charge in [0.2, 0.25) is 5.91 Å². The van der Waals surface area contributed by atoms with Gasteiger partial charge >= 0.3 is 6.03 Å². The molecule has 0 aliphatic carbocycles. The first kappa shape index (κ1) is 51.1. The number of benzene rings is 1. The summed E-state index contributed by atoms with van der Waals surface area (Å²) in [5.41, 5.74) is 8.01. The Morgan fingerprint density at radius 3 is 2.60 bits per heavy atom. The number of fused-ring (bicyclic) bond motifs is 6. The normalized spacial score (nSPS) is 23.4. The largest absolute Gasteiger partial charge is 0.378 e. The summed E-state index contributed by atoms with van der Waals surface area (Å²) < 4.78 is 20.9. The summed E-state index contributed by atoms with van der Waals surface area (Å²) >= 11 is 1.43. The number of urea groups is 1. The van der Waals surface area contributed by atoms with Crippen LogP contribution < -0.4 is 10.7 Å². The molecule has 3 aliphatic heterocycles. The smallest absolute Gasteiger partial charge is 0.320 e. The Bertz CT molecular complexity index is 2450. The lowest BCUT2D eigenvalue weighted by molar-refractivity contribution is -0.147. The van der Waals surface area contributed by atoms with E-state index in [1.165, 1.54) is 21.2 Å². The maximum absolute atomic E-state index is 14.8. The number of hydrogen-bond acceptors (Lipinski definition) is 12. The van der Waals surface area contributed by atoms with Gasteiger partial charge in [0.15, 0.2) is 0 Å². The number of aromatic nitrogens is 3. The van der Waals surface area contributed by atoms with Crippen LogP contribution in [0.4, 0.5) is 4.79 Å². The summed E-state index contributed by atoms with van der Waals surface area (Å²) in [4.78, 5) is 72.1. The Morgan fingerprint density at radius 1 is 1.12 bits per heavy atom. The molecule has 7 rings (SSSR count). The molecule has 17 heteroatoms. The molecule has 2 N–H and O–H groups in total. The number of pyridine rings is 1. The third kappa shape index (κ3) is 11.0. The molecular formula is C51H73N9O7S. The van der Waals surface area contributed by atoms with Crippen LogP contribution in [0.1, 0.15) is 90.1 Å². The van der Waals surface area contributed by atoms with Crippen LogP contribution in [0.3, 0.4) is 0 Å². The summed E-state index contributed by atoms with van der Waals surface area (Å²) in [6, 6.07) is 8.30. The number of methoxy groups -OCH3 is 1. The molecule has 0 saturated carbocycles. The Balaban J connectivity index is 1.26. The van der Waals surface area contributed by atoms with E-state index in [4.69, 9.17) is 24.2 Å². The number of nitrogens with one attached hydrogen (secondary N) is 2. The SMILES string of the molecule is CCn1c(-c2cccnc2[C@H](C)OC)c2c3cc(ccc31)-c1csc(n1)C[C@H](NC(=O)[C@H](C(C)C)N(C)C(=O)N1CCO[C@@](C)(CCN(C)C)C1)C(=O)N1CCC[C@](C=O)(COCC(C)(C)C2)N1. The van der Waals surface area contributed by atoms with Crippen LogP contribution in [0.25, 0.3) is 33.4 Å². The van der Waals surface area contributed by atoms with Gasteiger partial charge < -0.3 is 43.6 Å². The van der Waals surface area contributed by atoms with Crippen molar-refractivity contribution in [2.24, 2.45) is 11.3 Å². The maximum Gasteiger partial charge on any atom is 0.320 e. The van der Waals surface area contributed by atoms with E-state index in [0.717, 1.165) is 70.5 Å². The number of aldehydes is 1. The zero-order valence-corrected chi connectivity index (χ0v) is 42.8. The molecule has 3 aliphatic rings. The van der Waals surface area contributed by atoms with Crippen LogP contribution in [0.2, 0.25) is 0 Å². The van der Waals surface area contributed by atoms with Gasteiger partial charge in [-0.3, -0.25) is 19.6 Å². The highest BCUT2D eigenvalue weighted by Crippen LogP contribution is 2.42. The second-order valence-electron chi connectivity index (χ2n) is 20.7. The van der Waals surface area contributed by atoms with Crippen molar-refractivity contribution in [2.45, 2.75) is 116 Å². The Kier molecular flexibility index (Phi) is 15.8. The van der Waals surface area contributed by atoms with Crippen LogP contribution in [0.5, 0.6) is 0 Å². The molecule has 2 saturated heterocycles. The third-order valence-corrected chi connectivity index (χ3v) is 14.7. The van der Waals surface area contributed by atoms with Gasteiger partial charge in [0.25, 0.3) is 5.91 Å². The number of hydrogen-bond donors (Lipinski definition) is 2. The number of likely N-dealkylation sites (N-methyl/N-ethyl adjacent to an activating group) is 1. The minimum atomic E-state index is -1.18. The molecule has 6 heterocycles. The summed E-state index contributed by atoms with van der Waals surface area (Å²) in [6.07, 6.45) is 4.91. The lowest BCUT2D eigenvalue weighted by atomic mass is 9.84. The van der Waals surface area contributed by atoms with Crippen molar-refractivity contribution in [3.8, 4) is 22.5 Å². The fourth-order valence-electron chi connectivity index (χ4n) is 10.1. The molecule has 4 amide bonds. The topological polar surface area (TPSA) is 164 Å². The average Bonchev–Trinajstić information content (AvgIpc) is 3.91. The molecule has 5 atom stereocenters. The van der Waals surface area contributed by atoms with Crippen LogP contribution in [0, 0.1) is 11.3 Å². The Labute approximate surface area is 406 Å². The Hall–Kier alpha value is -4.78. The van der Waals surface area contributed by atoms with E-state index in [2.05, 4.69) is 65.2 Å². The molecule has 68 heavy (non-hydrogen) atoms. The van der Waals surface area contributed by atoms with Crippen LogP contribution in [-0.2, 0) is 48.0 Å². The highest BCUT2D eigenvalue weighted by atomic mass is 32.1. The van der Waals surface area contributed by atoms with E-state index < -0.39 is 40.5 Å². The van der Waals surface area contributed by atoms with Crippen molar-refractivity contribution in [3.63, 3.8) is 0 Å². The van der Waals surface area contributed by atoms with E-state index in [1.54, 1.807) is 25.3 Å². The number of thiazole rings is 1. The number of aryl methyl sites for hydroxylation is 1.